The normalized spacial score (nSPS) is 17.2. The van der Waals surface area contributed by atoms with Crippen molar-refractivity contribution in [3.8, 4) is 5.75 Å². The molecular formula is C18H22N8O5. The number of aromatic nitrogens is 3. The molecule has 0 unspecified atom stereocenters. The minimum Gasteiger partial charge on any atom is -0.507 e. The molecule has 31 heavy (non-hydrogen) atoms. The van der Waals surface area contributed by atoms with Gasteiger partial charge >= 0.3 is 0 Å². The summed E-state index contributed by atoms with van der Waals surface area (Å²) in [6.07, 6.45) is 1.27. The first kappa shape index (κ1) is 20.7. The third kappa shape index (κ3) is 5.13. The lowest BCUT2D eigenvalue weighted by Crippen LogP contribution is -2.40. The van der Waals surface area contributed by atoms with Gasteiger partial charge in [-0.3, -0.25) is 10.1 Å². The van der Waals surface area contributed by atoms with E-state index >= 15 is 0 Å². The van der Waals surface area contributed by atoms with Crippen molar-refractivity contribution < 1.29 is 19.5 Å². The van der Waals surface area contributed by atoms with Crippen LogP contribution in [0.1, 0.15) is 5.56 Å². The number of hydrazone groups is 1. The number of nitro groups is 1. The maximum absolute atomic E-state index is 10.9. The number of non-ortho nitro benzene ring substituents is 1. The van der Waals surface area contributed by atoms with Crippen LogP contribution >= 0.6 is 0 Å². The van der Waals surface area contributed by atoms with Gasteiger partial charge in [0.2, 0.25) is 17.8 Å². The average molecular weight is 430 g/mol. The predicted octanol–water partition coefficient (Wildman–Crippen LogP) is 0.605. The van der Waals surface area contributed by atoms with Gasteiger partial charge in [-0.15, -0.1) is 0 Å². The molecule has 4 rings (SSSR count). The van der Waals surface area contributed by atoms with Crippen LogP contribution < -0.4 is 15.2 Å². The summed E-state index contributed by atoms with van der Waals surface area (Å²) in [5, 5.41) is 24.9. The topological polar surface area (TPSA) is 151 Å². The zero-order chi connectivity index (χ0) is 21.6. The van der Waals surface area contributed by atoms with E-state index in [0.29, 0.717) is 64.5 Å². The second-order valence-corrected chi connectivity index (χ2v) is 6.83. The summed E-state index contributed by atoms with van der Waals surface area (Å²) < 4.78 is 10.8. The molecule has 13 heteroatoms. The van der Waals surface area contributed by atoms with E-state index < -0.39 is 4.92 Å². The molecule has 2 aliphatic rings. The molecule has 2 saturated heterocycles. The van der Waals surface area contributed by atoms with Crippen molar-refractivity contribution >= 4 is 29.7 Å². The van der Waals surface area contributed by atoms with Crippen molar-refractivity contribution in [2.45, 2.75) is 0 Å². The number of hydrogen-bond acceptors (Lipinski definition) is 12. The lowest BCUT2D eigenvalue weighted by atomic mass is 10.2. The van der Waals surface area contributed by atoms with Crippen LogP contribution in [0.5, 0.6) is 5.75 Å². The Balaban J connectivity index is 1.57. The fourth-order valence-electron chi connectivity index (χ4n) is 3.13. The molecule has 2 aliphatic heterocycles. The molecule has 0 saturated carbocycles. The van der Waals surface area contributed by atoms with Crippen molar-refractivity contribution in [2.24, 2.45) is 5.10 Å². The molecule has 0 radical (unpaired) electrons. The van der Waals surface area contributed by atoms with Crippen LogP contribution in [0.4, 0.5) is 23.5 Å². The van der Waals surface area contributed by atoms with Crippen molar-refractivity contribution in [3.63, 3.8) is 0 Å². The number of rotatable bonds is 6. The molecule has 1 aromatic heterocycles. The summed E-state index contributed by atoms with van der Waals surface area (Å²) in [6.45, 7) is 5.01. The highest BCUT2D eigenvalue weighted by Gasteiger charge is 2.20. The summed E-state index contributed by atoms with van der Waals surface area (Å²) in [4.78, 5) is 27.9. The van der Waals surface area contributed by atoms with Gasteiger partial charge in [-0.2, -0.15) is 20.1 Å². The molecule has 13 nitrogen and oxygen atoms in total. The van der Waals surface area contributed by atoms with E-state index in [1.807, 2.05) is 9.80 Å². The Morgan fingerprint density at radius 2 is 1.61 bits per heavy atom. The number of nitrogens with zero attached hydrogens (tertiary/aromatic N) is 7. The van der Waals surface area contributed by atoms with Gasteiger partial charge in [0, 0.05) is 43.9 Å². The number of anilines is 3. The van der Waals surface area contributed by atoms with Gasteiger partial charge in [0.15, 0.2) is 0 Å². The van der Waals surface area contributed by atoms with Gasteiger partial charge < -0.3 is 24.4 Å². The quantitative estimate of drug-likeness (QED) is 0.376. The smallest absolute Gasteiger partial charge is 0.270 e. The van der Waals surface area contributed by atoms with Crippen molar-refractivity contribution in [1.82, 2.24) is 15.0 Å². The van der Waals surface area contributed by atoms with Crippen LogP contribution in [0.2, 0.25) is 0 Å². The number of ether oxygens (including phenoxy) is 2. The first-order chi connectivity index (χ1) is 15.1. The Kier molecular flexibility index (Phi) is 6.33. The highest BCUT2D eigenvalue weighted by atomic mass is 16.6. The van der Waals surface area contributed by atoms with Gasteiger partial charge in [-0.1, -0.05) is 0 Å². The molecule has 0 spiro atoms. The van der Waals surface area contributed by atoms with E-state index in [9.17, 15) is 15.2 Å². The lowest BCUT2D eigenvalue weighted by Gasteiger charge is -2.30. The minimum absolute atomic E-state index is 0.130. The van der Waals surface area contributed by atoms with E-state index in [2.05, 4.69) is 25.5 Å². The van der Waals surface area contributed by atoms with Gasteiger partial charge in [-0.05, 0) is 6.07 Å². The standard InChI is InChI=1S/C18H22N8O5/c27-15-2-1-14(26(28)29)11-13(15)12-19-23-16-20-17(24-3-7-30-8-4-24)22-18(21-16)25-5-9-31-10-6-25/h1-2,11-12,27H,3-10H2,(H,20,21,22,23)/b19-12-. The largest absolute Gasteiger partial charge is 0.507 e. The van der Waals surface area contributed by atoms with Crippen molar-refractivity contribution in [1.29, 1.82) is 0 Å². The molecule has 2 fully saturated rings. The number of phenolic OH excluding ortho intramolecular Hbond substituents is 1. The first-order valence-electron chi connectivity index (χ1n) is 9.78. The maximum Gasteiger partial charge on any atom is 0.270 e. The zero-order valence-corrected chi connectivity index (χ0v) is 16.7. The van der Waals surface area contributed by atoms with Gasteiger partial charge in [0.1, 0.15) is 5.75 Å². The summed E-state index contributed by atoms with van der Waals surface area (Å²) in [5.41, 5.74) is 2.78. The number of hydrogen-bond donors (Lipinski definition) is 2. The predicted molar refractivity (Wildman–Crippen MR) is 112 cm³/mol. The third-order valence-electron chi connectivity index (χ3n) is 4.79. The average Bonchev–Trinajstić information content (AvgIpc) is 2.81. The molecule has 2 N–H and O–H groups in total. The Morgan fingerprint density at radius 3 is 2.16 bits per heavy atom. The minimum atomic E-state index is -0.542. The second-order valence-electron chi connectivity index (χ2n) is 6.83. The molecular weight excluding hydrogens is 408 g/mol. The molecule has 1 aromatic carbocycles. The summed E-state index contributed by atoms with van der Waals surface area (Å²) >= 11 is 0. The second kappa shape index (κ2) is 9.49. The Hall–Kier alpha value is -3.58. The SMILES string of the molecule is O=[N+]([O-])c1ccc(O)c(/C=N\Nc2nc(N3CCOCC3)nc(N3CCOCC3)n2)c1. The number of phenols is 1. The van der Waals surface area contributed by atoms with Gasteiger partial charge in [0.05, 0.1) is 37.6 Å². The van der Waals surface area contributed by atoms with Crippen LogP contribution in [0.15, 0.2) is 23.3 Å². The van der Waals surface area contributed by atoms with E-state index in [0.717, 1.165) is 0 Å². The van der Waals surface area contributed by atoms with E-state index in [4.69, 9.17) is 9.47 Å². The van der Waals surface area contributed by atoms with Crippen LogP contribution in [-0.2, 0) is 9.47 Å². The molecule has 0 bridgehead atoms. The fraction of sp³-hybridized carbons (Fsp3) is 0.444. The van der Waals surface area contributed by atoms with E-state index in [-0.39, 0.29) is 22.9 Å². The summed E-state index contributed by atoms with van der Waals surface area (Å²) in [7, 11) is 0. The maximum atomic E-state index is 10.9. The third-order valence-corrected chi connectivity index (χ3v) is 4.79. The summed E-state index contributed by atoms with van der Waals surface area (Å²) in [6, 6.07) is 3.69. The van der Waals surface area contributed by atoms with Crippen molar-refractivity contribution in [2.75, 3.05) is 67.8 Å². The molecule has 0 amide bonds. The van der Waals surface area contributed by atoms with Gasteiger partial charge in [-0.25, -0.2) is 5.43 Å². The van der Waals surface area contributed by atoms with Crippen LogP contribution in [0, 0.1) is 10.1 Å². The number of morpholine rings is 2. The number of benzene rings is 1. The number of nitrogens with one attached hydrogen (secondary N) is 1. The first-order valence-corrected chi connectivity index (χ1v) is 9.78. The molecule has 3 heterocycles. The molecule has 2 aromatic rings. The van der Waals surface area contributed by atoms with Crippen LogP contribution in [0.25, 0.3) is 0 Å². The highest BCUT2D eigenvalue weighted by Crippen LogP contribution is 2.22. The fourth-order valence-corrected chi connectivity index (χ4v) is 3.13. The summed E-state index contributed by atoms with van der Waals surface area (Å²) in [5.74, 6) is 1.11. The van der Waals surface area contributed by atoms with Gasteiger partial charge in [0.25, 0.3) is 5.69 Å². The lowest BCUT2D eigenvalue weighted by molar-refractivity contribution is -0.384. The highest BCUT2D eigenvalue weighted by molar-refractivity contribution is 5.84. The Labute approximate surface area is 177 Å². The number of aromatic hydroxyl groups is 1. The Morgan fingerprint density at radius 1 is 1.03 bits per heavy atom. The molecule has 0 atom stereocenters. The number of nitro benzene ring substituents is 1. The zero-order valence-electron chi connectivity index (χ0n) is 16.7. The van der Waals surface area contributed by atoms with Crippen LogP contribution in [-0.4, -0.2) is 83.8 Å². The van der Waals surface area contributed by atoms with Crippen molar-refractivity contribution in [3.05, 3.63) is 33.9 Å². The Bertz CT molecular complexity index is 924. The monoisotopic (exact) mass is 430 g/mol. The molecule has 164 valence electrons. The van der Waals surface area contributed by atoms with E-state index in [1.165, 1.54) is 24.4 Å². The van der Waals surface area contributed by atoms with E-state index in [1.54, 1.807) is 0 Å². The van der Waals surface area contributed by atoms with Crippen LogP contribution in [0.3, 0.4) is 0 Å². The molecule has 0 aliphatic carbocycles.